The highest BCUT2D eigenvalue weighted by atomic mass is 16.2. The molecular weight excluding hydrogens is 264 g/mol. The van der Waals surface area contributed by atoms with Crippen LogP contribution in [0.1, 0.15) is 56.7 Å². The van der Waals surface area contributed by atoms with E-state index < -0.39 is 0 Å². The average Bonchev–Trinajstić information content (AvgIpc) is 2.44. The second kappa shape index (κ2) is 6.74. The van der Waals surface area contributed by atoms with Gasteiger partial charge in [-0.25, -0.2) is 4.79 Å². The van der Waals surface area contributed by atoms with Crippen LogP contribution in [0.25, 0.3) is 0 Å². The highest BCUT2D eigenvalue weighted by molar-refractivity contribution is 5.99. The summed E-state index contributed by atoms with van der Waals surface area (Å²) < 4.78 is 0. The molecule has 0 saturated carbocycles. The summed E-state index contributed by atoms with van der Waals surface area (Å²) in [5, 5.41) is 3.02. The Balaban J connectivity index is 2.07. The number of benzene rings is 1. The molecule has 1 saturated heterocycles. The number of nitrogens with one attached hydrogen (secondary N) is 1. The van der Waals surface area contributed by atoms with E-state index in [-0.39, 0.29) is 24.0 Å². The SMILES string of the molecule is CCC[C@@H](NC(=O)N1C(=O)CC1CC)c1ccc(C)cc1. The van der Waals surface area contributed by atoms with E-state index >= 15 is 0 Å². The Morgan fingerprint density at radius 1 is 1.33 bits per heavy atom. The Kier molecular flexibility index (Phi) is 4.99. The first-order valence-corrected chi connectivity index (χ1v) is 7.75. The lowest BCUT2D eigenvalue weighted by Crippen LogP contribution is -2.58. The van der Waals surface area contributed by atoms with Gasteiger partial charge in [-0.05, 0) is 25.3 Å². The largest absolute Gasteiger partial charge is 0.331 e. The van der Waals surface area contributed by atoms with Gasteiger partial charge in [-0.1, -0.05) is 50.1 Å². The third-order valence-electron chi connectivity index (χ3n) is 4.09. The van der Waals surface area contributed by atoms with Gasteiger partial charge < -0.3 is 5.32 Å². The summed E-state index contributed by atoms with van der Waals surface area (Å²) in [5.74, 6) is -0.0708. The lowest BCUT2D eigenvalue weighted by atomic mass is 9.99. The number of β-lactam (4-membered cyclic amide) rings is 1. The van der Waals surface area contributed by atoms with Crippen molar-refractivity contribution in [3.63, 3.8) is 0 Å². The zero-order chi connectivity index (χ0) is 15.4. The van der Waals surface area contributed by atoms with Crippen LogP contribution < -0.4 is 5.32 Å². The van der Waals surface area contributed by atoms with Crippen molar-refractivity contribution < 1.29 is 9.59 Å². The summed E-state index contributed by atoms with van der Waals surface area (Å²) in [6.45, 7) is 6.14. The van der Waals surface area contributed by atoms with Gasteiger partial charge in [-0.15, -0.1) is 0 Å². The second-order valence-corrected chi connectivity index (χ2v) is 5.73. The van der Waals surface area contributed by atoms with Gasteiger partial charge in [0.2, 0.25) is 5.91 Å². The number of carbonyl (C=O) groups excluding carboxylic acids is 2. The Labute approximate surface area is 126 Å². The van der Waals surface area contributed by atoms with Crippen molar-refractivity contribution >= 4 is 11.9 Å². The van der Waals surface area contributed by atoms with E-state index in [0.717, 1.165) is 24.8 Å². The van der Waals surface area contributed by atoms with Gasteiger partial charge in [-0.2, -0.15) is 0 Å². The summed E-state index contributed by atoms with van der Waals surface area (Å²) in [6.07, 6.45) is 3.16. The van der Waals surface area contributed by atoms with Gasteiger partial charge in [0.15, 0.2) is 0 Å². The van der Waals surface area contributed by atoms with Crippen LogP contribution in [-0.4, -0.2) is 22.9 Å². The van der Waals surface area contributed by atoms with E-state index in [4.69, 9.17) is 0 Å². The minimum atomic E-state index is -0.253. The maximum atomic E-state index is 12.3. The maximum absolute atomic E-state index is 12.3. The molecule has 2 atom stereocenters. The van der Waals surface area contributed by atoms with Gasteiger partial charge in [0.1, 0.15) is 0 Å². The number of urea groups is 1. The fourth-order valence-corrected chi connectivity index (χ4v) is 2.72. The number of aryl methyl sites for hydroxylation is 1. The lowest BCUT2D eigenvalue weighted by Gasteiger charge is -2.38. The molecular formula is C17H24N2O2. The van der Waals surface area contributed by atoms with Crippen LogP contribution in [0.5, 0.6) is 0 Å². The van der Waals surface area contributed by atoms with E-state index in [1.165, 1.54) is 10.5 Å². The predicted molar refractivity (Wildman–Crippen MR) is 82.9 cm³/mol. The minimum absolute atomic E-state index is 0.0333. The van der Waals surface area contributed by atoms with Gasteiger partial charge in [0.05, 0.1) is 6.04 Å². The summed E-state index contributed by atoms with van der Waals surface area (Å²) in [6, 6.07) is 7.97. The molecule has 0 aliphatic carbocycles. The summed E-state index contributed by atoms with van der Waals surface area (Å²) >= 11 is 0. The van der Waals surface area contributed by atoms with Crippen molar-refractivity contribution in [2.45, 2.75) is 58.5 Å². The summed E-state index contributed by atoms with van der Waals surface area (Å²) in [7, 11) is 0. The van der Waals surface area contributed by atoms with Crippen LogP contribution in [0, 0.1) is 6.92 Å². The van der Waals surface area contributed by atoms with Crippen molar-refractivity contribution in [2.24, 2.45) is 0 Å². The fourth-order valence-electron chi connectivity index (χ4n) is 2.72. The van der Waals surface area contributed by atoms with Gasteiger partial charge in [-0.3, -0.25) is 9.69 Å². The van der Waals surface area contributed by atoms with Crippen molar-refractivity contribution in [3.05, 3.63) is 35.4 Å². The molecule has 0 radical (unpaired) electrons. The van der Waals surface area contributed by atoms with E-state index in [9.17, 15) is 9.59 Å². The number of hydrogen-bond acceptors (Lipinski definition) is 2. The highest BCUT2D eigenvalue weighted by Crippen LogP contribution is 2.24. The third-order valence-corrected chi connectivity index (χ3v) is 4.09. The summed E-state index contributed by atoms with van der Waals surface area (Å²) in [4.78, 5) is 25.3. The lowest BCUT2D eigenvalue weighted by molar-refractivity contribution is -0.140. The zero-order valence-electron chi connectivity index (χ0n) is 13.1. The quantitative estimate of drug-likeness (QED) is 0.842. The van der Waals surface area contributed by atoms with Crippen molar-refractivity contribution in [2.75, 3.05) is 0 Å². The molecule has 1 aromatic rings. The molecule has 114 valence electrons. The number of rotatable bonds is 5. The molecule has 0 spiro atoms. The number of imide groups is 1. The Morgan fingerprint density at radius 2 is 2.00 bits per heavy atom. The molecule has 0 bridgehead atoms. The standard InChI is InChI=1S/C17H24N2O2/c1-4-6-15(13-9-7-12(3)8-10-13)18-17(21)19-14(5-2)11-16(19)20/h7-10,14-15H,4-6,11H2,1-3H3,(H,18,21)/t14?,15-/m1/s1. The van der Waals surface area contributed by atoms with Crippen molar-refractivity contribution in [1.82, 2.24) is 10.2 Å². The first-order chi connectivity index (χ1) is 10.1. The van der Waals surface area contributed by atoms with E-state index in [2.05, 4.69) is 12.2 Å². The Morgan fingerprint density at radius 3 is 2.52 bits per heavy atom. The Bertz CT molecular complexity index is 510. The maximum Gasteiger partial charge on any atom is 0.324 e. The molecule has 4 nitrogen and oxygen atoms in total. The molecule has 1 N–H and O–H groups in total. The van der Waals surface area contributed by atoms with Crippen LogP contribution in [0.15, 0.2) is 24.3 Å². The first-order valence-electron chi connectivity index (χ1n) is 7.75. The molecule has 1 aliphatic heterocycles. The average molecular weight is 288 g/mol. The van der Waals surface area contributed by atoms with Crippen LogP contribution in [0.4, 0.5) is 4.79 Å². The van der Waals surface area contributed by atoms with Crippen molar-refractivity contribution in [3.8, 4) is 0 Å². The Hall–Kier alpha value is -1.84. The van der Waals surface area contributed by atoms with Crippen molar-refractivity contribution in [1.29, 1.82) is 0 Å². The topological polar surface area (TPSA) is 49.4 Å². The molecule has 4 heteroatoms. The first kappa shape index (κ1) is 15.5. The molecule has 21 heavy (non-hydrogen) atoms. The van der Waals surface area contributed by atoms with Crippen LogP contribution >= 0.6 is 0 Å². The number of amides is 3. The van der Waals surface area contributed by atoms with E-state index in [1.807, 2.05) is 38.1 Å². The monoisotopic (exact) mass is 288 g/mol. The molecule has 3 amide bonds. The number of likely N-dealkylation sites (tertiary alicyclic amines) is 1. The number of nitrogens with zero attached hydrogens (tertiary/aromatic N) is 1. The fraction of sp³-hybridized carbons (Fsp3) is 0.529. The minimum Gasteiger partial charge on any atom is -0.331 e. The molecule has 1 unspecified atom stereocenters. The smallest absolute Gasteiger partial charge is 0.324 e. The third kappa shape index (κ3) is 3.43. The summed E-state index contributed by atoms with van der Waals surface area (Å²) in [5.41, 5.74) is 2.29. The van der Waals surface area contributed by atoms with E-state index in [1.54, 1.807) is 0 Å². The molecule has 1 aromatic carbocycles. The number of hydrogen-bond donors (Lipinski definition) is 1. The second-order valence-electron chi connectivity index (χ2n) is 5.73. The van der Waals surface area contributed by atoms with Crippen LogP contribution in [0.3, 0.4) is 0 Å². The zero-order valence-corrected chi connectivity index (χ0v) is 13.1. The number of carbonyl (C=O) groups is 2. The molecule has 2 rings (SSSR count). The van der Waals surface area contributed by atoms with Crippen LogP contribution in [-0.2, 0) is 4.79 Å². The molecule has 1 aliphatic rings. The van der Waals surface area contributed by atoms with Gasteiger partial charge in [0, 0.05) is 12.5 Å². The highest BCUT2D eigenvalue weighted by Gasteiger charge is 2.39. The van der Waals surface area contributed by atoms with E-state index in [0.29, 0.717) is 6.42 Å². The predicted octanol–water partition coefficient (Wildman–Crippen LogP) is 3.56. The van der Waals surface area contributed by atoms with Gasteiger partial charge >= 0.3 is 6.03 Å². The molecule has 0 aromatic heterocycles. The van der Waals surface area contributed by atoms with Gasteiger partial charge in [0.25, 0.3) is 0 Å². The molecule has 1 heterocycles. The molecule has 1 fully saturated rings. The van der Waals surface area contributed by atoms with Crippen LogP contribution in [0.2, 0.25) is 0 Å². The normalized spacial score (nSPS) is 19.1.